The van der Waals surface area contributed by atoms with Gasteiger partial charge < -0.3 is 14.5 Å². The summed E-state index contributed by atoms with van der Waals surface area (Å²) in [7, 11) is -1.14. The molecule has 1 N–H and O–H groups in total. The van der Waals surface area contributed by atoms with Crippen LogP contribution >= 0.6 is 11.9 Å². The predicted octanol–water partition coefficient (Wildman–Crippen LogP) is 6.16. The van der Waals surface area contributed by atoms with Crippen LogP contribution in [0.4, 0.5) is 21.8 Å². The Morgan fingerprint density at radius 2 is 1.97 bits per heavy atom. The van der Waals surface area contributed by atoms with Gasteiger partial charge in [0.05, 0.1) is 28.0 Å². The second kappa shape index (κ2) is 11.8. The summed E-state index contributed by atoms with van der Waals surface area (Å²) < 4.78 is 28.1. The van der Waals surface area contributed by atoms with Crippen LogP contribution < -0.4 is 14.5 Å². The third kappa shape index (κ3) is 5.62. The van der Waals surface area contributed by atoms with Crippen molar-refractivity contribution in [2.24, 2.45) is 0 Å². The number of rotatable bonds is 6. The molecule has 1 unspecified atom stereocenters. The molecule has 3 aliphatic heterocycles. The Hall–Kier alpha value is -2.65. The summed E-state index contributed by atoms with van der Waals surface area (Å²) in [5.74, 6) is 1.48. The lowest BCUT2D eigenvalue weighted by atomic mass is 9.74. The van der Waals surface area contributed by atoms with Crippen LogP contribution in [0.1, 0.15) is 44.9 Å². The van der Waals surface area contributed by atoms with Crippen LogP contribution in [-0.4, -0.2) is 45.8 Å². The van der Waals surface area contributed by atoms with Crippen LogP contribution in [0.15, 0.2) is 65.5 Å². The fraction of sp³-hybridized carbons (Fsp3) is 0.429. The number of nitrogens with zero attached hydrogens (tertiary/aromatic N) is 4. The summed E-state index contributed by atoms with van der Waals surface area (Å²) in [5, 5.41) is 3.19. The number of hydrogen-bond donors (Lipinski definition) is 1. The maximum absolute atomic E-state index is 13.0. The van der Waals surface area contributed by atoms with E-state index in [4.69, 9.17) is 9.97 Å². The van der Waals surface area contributed by atoms with Gasteiger partial charge in [-0.15, -0.1) is 0 Å². The Bertz CT molecular complexity index is 1230. The Morgan fingerprint density at radius 1 is 1.24 bits per heavy atom. The summed E-state index contributed by atoms with van der Waals surface area (Å²) in [4.78, 5) is 12.5. The number of benzene rings is 1. The number of fused-ring (bicyclic) bond motifs is 3. The molecule has 37 heavy (non-hydrogen) atoms. The molecule has 1 atom stereocenters. The first-order valence-corrected chi connectivity index (χ1v) is 15.3. The quantitative estimate of drug-likeness (QED) is 0.347. The fourth-order valence-electron chi connectivity index (χ4n) is 5.21. The van der Waals surface area contributed by atoms with E-state index in [1.807, 2.05) is 13.8 Å². The Balaban J connectivity index is 0.00000156. The third-order valence-corrected chi connectivity index (χ3v) is 9.22. The maximum atomic E-state index is 13.0. The van der Waals surface area contributed by atoms with Gasteiger partial charge in [-0.2, -0.15) is 4.98 Å². The largest absolute Gasteiger partial charge is 0.341 e. The van der Waals surface area contributed by atoms with Gasteiger partial charge in [-0.25, -0.2) is 9.37 Å². The van der Waals surface area contributed by atoms with Crippen LogP contribution in [0.5, 0.6) is 0 Å². The van der Waals surface area contributed by atoms with E-state index >= 15 is 0 Å². The van der Waals surface area contributed by atoms with Gasteiger partial charge in [0.25, 0.3) is 0 Å². The molecule has 9 heteroatoms. The molecule has 1 spiro atoms. The van der Waals surface area contributed by atoms with Gasteiger partial charge in [0.1, 0.15) is 4.90 Å². The maximum Gasteiger partial charge on any atom is 0.227 e. The predicted molar refractivity (Wildman–Crippen MR) is 156 cm³/mol. The number of aromatic nitrogens is 2. The molecule has 1 aromatic carbocycles. The van der Waals surface area contributed by atoms with Gasteiger partial charge >= 0.3 is 0 Å². The van der Waals surface area contributed by atoms with Crippen LogP contribution in [0.3, 0.4) is 0 Å². The molecule has 0 bridgehead atoms. The summed E-state index contributed by atoms with van der Waals surface area (Å²) >= 11 is 1.79. The van der Waals surface area contributed by atoms with Gasteiger partial charge in [-0.3, -0.25) is 4.21 Å². The molecule has 198 valence electrons. The number of allylic oxidation sites excluding steroid dienone is 4. The number of aryl methyl sites for hydroxylation is 1. The molecule has 4 heterocycles. The molecule has 0 aliphatic carbocycles. The van der Waals surface area contributed by atoms with Crippen molar-refractivity contribution in [3.8, 4) is 0 Å². The molecule has 2 aromatic rings. The van der Waals surface area contributed by atoms with E-state index < -0.39 is 10.8 Å². The van der Waals surface area contributed by atoms with Gasteiger partial charge in [-0.05, 0) is 43.5 Å². The Morgan fingerprint density at radius 3 is 2.68 bits per heavy atom. The summed E-state index contributed by atoms with van der Waals surface area (Å²) in [6.45, 7) is 12.1. The van der Waals surface area contributed by atoms with Crippen molar-refractivity contribution < 1.29 is 8.60 Å². The zero-order valence-corrected chi connectivity index (χ0v) is 23.7. The van der Waals surface area contributed by atoms with Crippen molar-refractivity contribution >= 4 is 40.2 Å². The molecule has 0 radical (unpaired) electrons. The number of para-hydroxylation sites is 1. The number of anilines is 3. The van der Waals surface area contributed by atoms with Gasteiger partial charge in [-0.1, -0.05) is 56.6 Å². The second-order valence-electron chi connectivity index (χ2n) is 9.21. The van der Waals surface area contributed by atoms with Crippen LogP contribution in [0.25, 0.3) is 0 Å². The SMILES string of the molecule is C=C(/C=C\C=C(/C)F)Nc1nc(N2CCC3(CC2)CN(SC)c2ccccc23)nc2c1S(=O)CC2.CC. The average molecular weight is 542 g/mol. The lowest BCUT2D eigenvalue weighted by Crippen LogP contribution is -2.45. The molecule has 0 saturated carbocycles. The fourth-order valence-corrected chi connectivity index (χ4v) is 7.25. The highest BCUT2D eigenvalue weighted by molar-refractivity contribution is 8.00. The lowest BCUT2D eigenvalue weighted by Gasteiger charge is -2.40. The summed E-state index contributed by atoms with van der Waals surface area (Å²) in [5.41, 5.74) is 4.32. The summed E-state index contributed by atoms with van der Waals surface area (Å²) in [6.07, 6.45) is 9.50. The average Bonchev–Trinajstić information content (AvgIpc) is 3.43. The van der Waals surface area contributed by atoms with Crippen molar-refractivity contribution in [2.45, 2.75) is 50.3 Å². The van der Waals surface area contributed by atoms with E-state index in [1.165, 1.54) is 24.3 Å². The highest BCUT2D eigenvalue weighted by Crippen LogP contribution is 2.49. The Kier molecular flexibility index (Phi) is 8.75. The zero-order chi connectivity index (χ0) is 26.6. The van der Waals surface area contributed by atoms with Crippen molar-refractivity contribution in [1.82, 2.24) is 9.97 Å². The van der Waals surface area contributed by atoms with E-state index in [0.717, 1.165) is 38.2 Å². The molecule has 0 amide bonds. The van der Waals surface area contributed by atoms with Crippen molar-refractivity contribution in [1.29, 1.82) is 0 Å². The van der Waals surface area contributed by atoms with Crippen LogP contribution in [0, 0.1) is 0 Å². The monoisotopic (exact) mass is 541 g/mol. The highest BCUT2D eigenvalue weighted by atomic mass is 32.2. The van der Waals surface area contributed by atoms with Crippen molar-refractivity contribution in [3.63, 3.8) is 0 Å². The number of hydrogen-bond acceptors (Lipinski definition) is 7. The van der Waals surface area contributed by atoms with Crippen molar-refractivity contribution in [2.75, 3.05) is 46.2 Å². The minimum Gasteiger partial charge on any atom is -0.341 e. The normalized spacial score (nSPS) is 20.0. The smallest absolute Gasteiger partial charge is 0.227 e. The molecule has 5 rings (SSSR count). The molecule has 1 fully saturated rings. The van der Waals surface area contributed by atoms with E-state index in [1.54, 1.807) is 24.1 Å². The van der Waals surface area contributed by atoms with Gasteiger partial charge in [0.15, 0.2) is 5.82 Å². The molecular weight excluding hydrogens is 505 g/mol. The number of nitrogens with one attached hydrogen (secondary N) is 1. The van der Waals surface area contributed by atoms with E-state index in [2.05, 4.69) is 51.6 Å². The van der Waals surface area contributed by atoms with Crippen LogP contribution in [-0.2, 0) is 22.6 Å². The van der Waals surface area contributed by atoms with E-state index in [0.29, 0.717) is 34.5 Å². The van der Waals surface area contributed by atoms with Crippen molar-refractivity contribution in [3.05, 3.63) is 71.9 Å². The lowest BCUT2D eigenvalue weighted by molar-refractivity contribution is 0.355. The topological polar surface area (TPSA) is 61.4 Å². The van der Waals surface area contributed by atoms with Gasteiger partial charge in [0.2, 0.25) is 5.95 Å². The molecule has 3 aliphatic rings. The molecule has 1 saturated heterocycles. The van der Waals surface area contributed by atoms with Crippen LogP contribution in [0.2, 0.25) is 0 Å². The highest BCUT2D eigenvalue weighted by Gasteiger charge is 2.45. The third-order valence-electron chi connectivity index (χ3n) is 6.99. The van der Waals surface area contributed by atoms with E-state index in [-0.39, 0.29) is 11.2 Å². The molecule has 1 aromatic heterocycles. The molecular formula is C28H36FN5OS2. The Labute approximate surface area is 226 Å². The first kappa shape index (κ1) is 27.4. The second-order valence-corrected chi connectivity index (χ2v) is 11.5. The van der Waals surface area contributed by atoms with Gasteiger partial charge in [0, 0.05) is 49.2 Å². The zero-order valence-electron chi connectivity index (χ0n) is 22.1. The molecule has 6 nitrogen and oxygen atoms in total. The van der Waals surface area contributed by atoms with E-state index in [9.17, 15) is 8.60 Å². The minimum atomic E-state index is -1.14. The minimum absolute atomic E-state index is 0.149. The first-order valence-electron chi connectivity index (χ1n) is 12.8. The number of halogens is 1. The summed E-state index contributed by atoms with van der Waals surface area (Å²) in [6, 6.07) is 8.76. The number of piperidine rings is 1. The standard InChI is InChI=1S/C26H30FN5OS2.C2H6/c1-18(27)7-6-8-19(2)28-24-23-21(11-16-35(23)33)29-25(30-24)31-14-12-26(13-15-31)17-32(34-3)22-10-5-4-9-20(22)26;1-2/h4-10H,2,11-17H2,1,3H3,(H,28,29,30);1-2H3/b8-6-,18-7+;. The first-order chi connectivity index (χ1) is 17.9.